The molecule has 1 aliphatic heterocycles. The molecule has 2 N–H and O–H groups in total. The van der Waals surface area contributed by atoms with Crippen LogP contribution in [0.15, 0.2) is 24.3 Å². The summed E-state index contributed by atoms with van der Waals surface area (Å²) < 4.78 is 5.91. The van der Waals surface area contributed by atoms with Crippen molar-refractivity contribution in [2.45, 2.75) is 25.4 Å². The molecule has 0 spiro atoms. The van der Waals surface area contributed by atoms with Crippen molar-refractivity contribution < 1.29 is 4.74 Å². The molecule has 0 aliphatic carbocycles. The Labute approximate surface area is 122 Å². The minimum Gasteiger partial charge on any atom is -0.492 e. The highest BCUT2D eigenvalue weighted by molar-refractivity contribution is 5.32. The standard InChI is InChI=1S/C16H27N3O/c1-18(2)13-15-7-5-9-19(15)10-11-20-16-8-4-3-6-14(16)12-17/h3-4,6,8,15H,5,7,9-13,17H2,1-2H3. The molecule has 1 aromatic carbocycles. The number of benzene rings is 1. The molecule has 20 heavy (non-hydrogen) atoms. The maximum atomic E-state index is 5.91. The molecule has 0 radical (unpaired) electrons. The molecule has 1 unspecified atom stereocenters. The van der Waals surface area contributed by atoms with E-state index < -0.39 is 0 Å². The van der Waals surface area contributed by atoms with Crippen molar-refractivity contribution in [1.29, 1.82) is 0 Å². The first-order chi connectivity index (χ1) is 9.70. The van der Waals surface area contributed by atoms with Gasteiger partial charge in [-0.15, -0.1) is 0 Å². The van der Waals surface area contributed by atoms with Gasteiger partial charge in [0, 0.05) is 31.2 Å². The Hall–Kier alpha value is -1.10. The Bertz CT molecular complexity index is 408. The van der Waals surface area contributed by atoms with E-state index in [-0.39, 0.29) is 0 Å². The van der Waals surface area contributed by atoms with Crippen molar-refractivity contribution in [3.8, 4) is 5.75 Å². The number of hydrogen-bond acceptors (Lipinski definition) is 4. The summed E-state index contributed by atoms with van der Waals surface area (Å²) in [7, 11) is 4.29. The van der Waals surface area contributed by atoms with Crippen LogP contribution in [0, 0.1) is 0 Å². The van der Waals surface area contributed by atoms with E-state index in [0.29, 0.717) is 12.6 Å². The lowest BCUT2D eigenvalue weighted by atomic mass is 10.2. The third kappa shape index (κ3) is 4.20. The van der Waals surface area contributed by atoms with Gasteiger partial charge in [0.05, 0.1) is 0 Å². The Kier molecular flexibility index (Phi) is 5.83. The van der Waals surface area contributed by atoms with Crippen LogP contribution in [-0.4, -0.2) is 56.2 Å². The molecule has 1 aliphatic rings. The quantitative estimate of drug-likeness (QED) is 0.821. The van der Waals surface area contributed by atoms with Crippen LogP contribution in [0.3, 0.4) is 0 Å². The van der Waals surface area contributed by atoms with Crippen molar-refractivity contribution in [1.82, 2.24) is 9.80 Å². The summed E-state index contributed by atoms with van der Waals surface area (Å²) >= 11 is 0. The van der Waals surface area contributed by atoms with E-state index in [1.807, 2.05) is 24.3 Å². The largest absolute Gasteiger partial charge is 0.492 e. The van der Waals surface area contributed by atoms with E-state index in [9.17, 15) is 0 Å². The van der Waals surface area contributed by atoms with Crippen molar-refractivity contribution >= 4 is 0 Å². The average Bonchev–Trinajstić information content (AvgIpc) is 2.86. The van der Waals surface area contributed by atoms with Crippen molar-refractivity contribution in [3.05, 3.63) is 29.8 Å². The first kappa shape index (κ1) is 15.3. The Morgan fingerprint density at radius 2 is 2.15 bits per heavy atom. The van der Waals surface area contributed by atoms with Crippen LogP contribution in [0.2, 0.25) is 0 Å². The smallest absolute Gasteiger partial charge is 0.123 e. The number of ether oxygens (including phenoxy) is 1. The highest BCUT2D eigenvalue weighted by Gasteiger charge is 2.24. The molecule has 0 amide bonds. The number of likely N-dealkylation sites (N-methyl/N-ethyl adjacent to an activating group) is 1. The molecule has 1 heterocycles. The van der Waals surface area contributed by atoms with Gasteiger partial charge in [0.15, 0.2) is 0 Å². The SMILES string of the molecule is CN(C)CC1CCCN1CCOc1ccccc1CN. The number of rotatable bonds is 7. The zero-order valence-electron chi connectivity index (χ0n) is 12.7. The van der Waals surface area contributed by atoms with E-state index in [1.165, 1.54) is 19.4 Å². The second-order valence-corrected chi connectivity index (χ2v) is 5.75. The molecule has 112 valence electrons. The maximum absolute atomic E-state index is 5.91. The van der Waals surface area contributed by atoms with Gasteiger partial charge in [0.25, 0.3) is 0 Å². The van der Waals surface area contributed by atoms with Crippen LogP contribution >= 0.6 is 0 Å². The van der Waals surface area contributed by atoms with Crippen molar-refractivity contribution in [2.24, 2.45) is 5.73 Å². The molecule has 1 fully saturated rings. The Balaban J connectivity index is 1.80. The predicted octanol–water partition coefficient (Wildman–Crippen LogP) is 1.55. The van der Waals surface area contributed by atoms with Crippen LogP contribution in [0.1, 0.15) is 18.4 Å². The van der Waals surface area contributed by atoms with Gasteiger partial charge < -0.3 is 15.4 Å². The monoisotopic (exact) mass is 277 g/mol. The molecular formula is C16H27N3O. The molecule has 2 rings (SSSR count). The van der Waals surface area contributed by atoms with Crippen molar-refractivity contribution in [2.75, 3.05) is 40.3 Å². The number of hydrogen-bond donors (Lipinski definition) is 1. The highest BCUT2D eigenvalue weighted by atomic mass is 16.5. The van der Waals surface area contributed by atoms with Crippen LogP contribution in [0.25, 0.3) is 0 Å². The predicted molar refractivity (Wildman–Crippen MR) is 83.0 cm³/mol. The summed E-state index contributed by atoms with van der Waals surface area (Å²) in [6.07, 6.45) is 2.61. The molecule has 0 saturated carbocycles. The number of likely N-dealkylation sites (tertiary alicyclic amines) is 1. The van der Waals surface area contributed by atoms with Gasteiger partial charge in [-0.25, -0.2) is 0 Å². The minimum atomic E-state index is 0.531. The van der Waals surface area contributed by atoms with Crippen LogP contribution in [-0.2, 0) is 6.54 Å². The van der Waals surface area contributed by atoms with Gasteiger partial charge in [0.2, 0.25) is 0 Å². The molecule has 1 atom stereocenters. The maximum Gasteiger partial charge on any atom is 0.123 e. The lowest BCUT2D eigenvalue weighted by molar-refractivity contribution is 0.172. The normalized spacial score (nSPS) is 19.7. The second-order valence-electron chi connectivity index (χ2n) is 5.75. The molecule has 1 saturated heterocycles. The Morgan fingerprint density at radius 1 is 1.35 bits per heavy atom. The summed E-state index contributed by atoms with van der Waals surface area (Å²) in [6.45, 7) is 4.60. The van der Waals surface area contributed by atoms with E-state index in [0.717, 1.165) is 31.0 Å². The lowest BCUT2D eigenvalue weighted by Crippen LogP contribution is -2.39. The van der Waals surface area contributed by atoms with Crippen LogP contribution in [0.5, 0.6) is 5.75 Å². The third-order valence-electron chi connectivity index (χ3n) is 3.90. The highest BCUT2D eigenvalue weighted by Crippen LogP contribution is 2.19. The summed E-state index contributed by atoms with van der Waals surface area (Å²) in [5.41, 5.74) is 6.81. The van der Waals surface area contributed by atoms with Gasteiger partial charge in [0.1, 0.15) is 12.4 Å². The molecule has 1 aromatic rings. The topological polar surface area (TPSA) is 41.7 Å². The first-order valence-corrected chi connectivity index (χ1v) is 7.50. The van der Waals surface area contributed by atoms with E-state index in [2.05, 4.69) is 23.9 Å². The number of nitrogens with two attached hydrogens (primary N) is 1. The first-order valence-electron chi connectivity index (χ1n) is 7.50. The van der Waals surface area contributed by atoms with Gasteiger partial charge in [-0.2, -0.15) is 0 Å². The Morgan fingerprint density at radius 3 is 2.90 bits per heavy atom. The fourth-order valence-electron chi connectivity index (χ4n) is 2.90. The molecular weight excluding hydrogens is 250 g/mol. The fraction of sp³-hybridized carbons (Fsp3) is 0.625. The third-order valence-corrected chi connectivity index (χ3v) is 3.90. The van der Waals surface area contributed by atoms with E-state index >= 15 is 0 Å². The molecule has 4 heteroatoms. The van der Waals surface area contributed by atoms with Crippen LogP contribution < -0.4 is 10.5 Å². The van der Waals surface area contributed by atoms with Gasteiger partial charge >= 0.3 is 0 Å². The van der Waals surface area contributed by atoms with Crippen LogP contribution in [0.4, 0.5) is 0 Å². The van der Waals surface area contributed by atoms with E-state index in [4.69, 9.17) is 10.5 Å². The van der Waals surface area contributed by atoms with Crippen molar-refractivity contribution in [3.63, 3.8) is 0 Å². The minimum absolute atomic E-state index is 0.531. The second kappa shape index (κ2) is 7.62. The molecule has 0 bridgehead atoms. The summed E-state index contributed by atoms with van der Waals surface area (Å²) in [6, 6.07) is 8.71. The fourth-order valence-corrected chi connectivity index (χ4v) is 2.90. The van der Waals surface area contributed by atoms with Gasteiger partial charge in [-0.05, 0) is 39.5 Å². The summed E-state index contributed by atoms with van der Waals surface area (Å²) in [5, 5.41) is 0. The van der Waals surface area contributed by atoms with Gasteiger partial charge in [-0.3, -0.25) is 4.90 Å². The number of nitrogens with zero attached hydrogens (tertiary/aromatic N) is 2. The summed E-state index contributed by atoms with van der Waals surface area (Å²) in [5.74, 6) is 0.929. The zero-order chi connectivity index (χ0) is 14.4. The number of para-hydroxylation sites is 1. The zero-order valence-corrected chi connectivity index (χ0v) is 12.7. The lowest BCUT2D eigenvalue weighted by Gasteiger charge is -2.27. The summed E-state index contributed by atoms with van der Waals surface area (Å²) in [4.78, 5) is 4.82. The van der Waals surface area contributed by atoms with Gasteiger partial charge in [-0.1, -0.05) is 18.2 Å². The molecule has 4 nitrogen and oxygen atoms in total. The molecule has 0 aromatic heterocycles. The average molecular weight is 277 g/mol. The van der Waals surface area contributed by atoms with E-state index in [1.54, 1.807) is 0 Å².